The summed E-state index contributed by atoms with van der Waals surface area (Å²) in [4.78, 5) is 37.2. The van der Waals surface area contributed by atoms with Gasteiger partial charge in [0.05, 0.1) is 6.10 Å². The molecule has 1 saturated heterocycles. The van der Waals surface area contributed by atoms with E-state index in [0.29, 0.717) is 5.56 Å². The molecule has 21 heavy (non-hydrogen) atoms. The molecule has 1 aromatic carbocycles. The predicted octanol–water partition coefficient (Wildman–Crippen LogP) is 1.62. The van der Waals surface area contributed by atoms with Crippen LogP contribution in [-0.4, -0.2) is 35.0 Å². The van der Waals surface area contributed by atoms with Gasteiger partial charge in [-0.3, -0.25) is 4.79 Å². The Hall–Kier alpha value is -2.37. The smallest absolute Gasteiger partial charge is 0.329 e. The lowest BCUT2D eigenvalue weighted by molar-refractivity contribution is -0.154. The number of esters is 1. The van der Waals surface area contributed by atoms with Crippen LogP contribution in [0.25, 0.3) is 0 Å². The Morgan fingerprint density at radius 3 is 2.38 bits per heavy atom. The number of benzene rings is 1. The normalized spacial score (nSPS) is 19.6. The van der Waals surface area contributed by atoms with Crippen molar-refractivity contribution in [2.24, 2.45) is 0 Å². The number of nitrogens with zero attached hydrogens (tertiary/aromatic N) is 1. The first-order chi connectivity index (χ1) is 9.91. The van der Waals surface area contributed by atoms with Crippen LogP contribution in [0.3, 0.4) is 0 Å². The van der Waals surface area contributed by atoms with Crippen molar-refractivity contribution in [1.82, 2.24) is 10.2 Å². The third kappa shape index (κ3) is 3.04. The van der Waals surface area contributed by atoms with Crippen molar-refractivity contribution in [3.8, 4) is 0 Å². The second kappa shape index (κ2) is 5.95. The summed E-state index contributed by atoms with van der Waals surface area (Å²) in [6.45, 7) is 4.90. The quantitative estimate of drug-likeness (QED) is 0.675. The molecule has 0 spiro atoms. The maximum atomic E-state index is 12.4. The van der Waals surface area contributed by atoms with E-state index in [-0.39, 0.29) is 6.10 Å². The predicted molar refractivity (Wildman–Crippen MR) is 75.3 cm³/mol. The average Bonchev–Trinajstić information content (AvgIpc) is 2.73. The average molecular weight is 290 g/mol. The molecule has 1 fully saturated rings. The molecule has 2 rings (SSSR count). The van der Waals surface area contributed by atoms with Gasteiger partial charge in [0.1, 0.15) is 12.1 Å². The van der Waals surface area contributed by atoms with E-state index < -0.39 is 30.0 Å². The molecule has 0 radical (unpaired) electrons. The molecule has 6 nitrogen and oxygen atoms in total. The fourth-order valence-electron chi connectivity index (χ4n) is 2.17. The van der Waals surface area contributed by atoms with E-state index in [4.69, 9.17) is 4.74 Å². The molecule has 6 heteroatoms. The van der Waals surface area contributed by atoms with Crippen LogP contribution in [0.2, 0.25) is 0 Å². The summed E-state index contributed by atoms with van der Waals surface area (Å²) in [5, 5.41) is 2.59. The number of hydrogen-bond acceptors (Lipinski definition) is 4. The van der Waals surface area contributed by atoms with Gasteiger partial charge in [-0.1, -0.05) is 30.3 Å². The van der Waals surface area contributed by atoms with Crippen LogP contribution in [0.4, 0.5) is 4.79 Å². The Morgan fingerprint density at radius 1 is 1.19 bits per heavy atom. The van der Waals surface area contributed by atoms with Crippen molar-refractivity contribution in [1.29, 1.82) is 0 Å². The zero-order valence-electron chi connectivity index (χ0n) is 12.2. The third-order valence-corrected chi connectivity index (χ3v) is 3.18. The highest BCUT2D eigenvalue weighted by atomic mass is 16.5. The monoisotopic (exact) mass is 290 g/mol. The fourth-order valence-corrected chi connectivity index (χ4v) is 2.17. The summed E-state index contributed by atoms with van der Waals surface area (Å²) >= 11 is 0. The van der Waals surface area contributed by atoms with Crippen molar-refractivity contribution in [3.05, 3.63) is 35.9 Å². The molecule has 2 atom stereocenters. The minimum Gasteiger partial charge on any atom is -0.461 e. The second-order valence-corrected chi connectivity index (χ2v) is 5.16. The number of imide groups is 1. The zero-order chi connectivity index (χ0) is 15.6. The summed E-state index contributed by atoms with van der Waals surface area (Å²) < 4.78 is 5.05. The molecule has 0 aliphatic carbocycles. The molecule has 1 aromatic rings. The van der Waals surface area contributed by atoms with Crippen LogP contribution in [0, 0.1) is 0 Å². The lowest BCUT2D eigenvalue weighted by atomic mass is 10.1. The molecule has 2 unspecified atom stereocenters. The number of ether oxygens (including phenoxy) is 1. The zero-order valence-corrected chi connectivity index (χ0v) is 12.2. The first kappa shape index (κ1) is 15.0. The summed E-state index contributed by atoms with van der Waals surface area (Å²) in [6.07, 6.45) is -0.300. The number of rotatable bonds is 4. The molecule has 1 aliphatic heterocycles. The molecule has 0 aromatic heterocycles. The maximum Gasteiger partial charge on any atom is 0.329 e. The van der Waals surface area contributed by atoms with Crippen LogP contribution in [0.15, 0.2) is 30.3 Å². The van der Waals surface area contributed by atoms with Gasteiger partial charge in [-0.2, -0.15) is 0 Å². The van der Waals surface area contributed by atoms with Gasteiger partial charge in [-0.25, -0.2) is 14.5 Å². The van der Waals surface area contributed by atoms with E-state index in [1.54, 1.807) is 38.1 Å². The Bertz CT molecular complexity index is 556. The largest absolute Gasteiger partial charge is 0.461 e. The van der Waals surface area contributed by atoms with E-state index >= 15 is 0 Å². The van der Waals surface area contributed by atoms with E-state index in [2.05, 4.69) is 5.32 Å². The first-order valence-corrected chi connectivity index (χ1v) is 6.81. The summed E-state index contributed by atoms with van der Waals surface area (Å²) in [5.41, 5.74) is 0.683. The lowest BCUT2D eigenvalue weighted by Crippen LogP contribution is -2.44. The number of nitrogens with one attached hydrogen (secondary N) is 1. The molecule has 0 saturated carbocycles. The van der Waals surface area contributed by atoms with Crippen LogP contribution in [-0.2, 0) is 14.3 Å². The number of hydrogen-bond donors (Lipinski definition) is 1. The number of amides is 3. The van der Waals surface area contributed by atoms with Crippen molar-refractivity contribution in [2.45, 2.75) is 39.0 Å². The van der Waals surface area contributed by atoms with Crippen molar-refractivity contribution >= 4 is 17.9 Å². The second-order valence-electron chi connectivity index (χ2n) is 5.16. The van der Waals surface area contributed by atoms with Crippen molar-refractivity contribution in [3.63, 3.8) is 0 Å². The highest BCUT2D eigenvalue weighted by molar-refractivity contribution is 6.07. The number of carbonyl (C=O) groups is 3. The van der Waals surface area contributed by atoms with Gasteiger partial charge in [0.15, 0.2) is 0 Å². The van der Waals surface area contributed by atoms with E-state index in [1.807, 2.05) is 6.07 Å². The molecule has 3 amide bonds. The van der Waals surface area contributed by atoms with E-state index in [0.717, 1.165) is 4.90 Å². The van der Waals surface area contributed by atoms with E-state index in [9.17, 15) is 14.4 Å². The van der Waals surface area contributed by atoms with Gasteiger partial charge in [-0.15, -0.1) is 0 Å². The summed E-state index contributed by atoms with van der Waals surface area (Å²) in [5.74, 6) is -1.04. The lowest BCUT2D eigenvalue weighted by Gasteiger charge is -2.21. The Morgan fingerprint density at radius 2 is 1.81 bits per heavy atom. The van der Waals surface area contributed by atoms with Crippen LogP contribution in [0.1, 0.15) is 32.4 Å². The highest BCUT2D eigenvalue weighted by Crippen LogP contribution is 2.23. The number of urea groups is 1. The van der Waals surface area contributed by atoms with Crippen molar-refractivity contribution < 1.29 is 19.1 Å². The molecular weight excluding hydrogens is 272 g/mol. The maximum absolute atomic E-state index is 12.4. The Labute approximate surface area is 123 Å². The van der Waals surface area contributed by atoms with Gasteiger partial charge in [0.2, 0.25) is 0 Å². The molecule has 1 heterocycles. The highest BCUT2D eigenvalue weighted by Gasteiger charge is 2.44. The minimum atomic E-state index is -0.950. The molecule has 1 aliphatic rings. The summed E-state index contributed by atoms with van der Waals surface area (Å²) in [6, 6.07) is 6.61. The molecule has 1 N–H and O–H groups in total. The Kier molecular flexibility index (Phi) is 4.26. The number of carbonyl (C=O) groups excluding carboxylic acids is 3. The van der Waals surface area contributed by atoms with Gasteiger partial charge in [0.25, 0.3) is 5.91 Å². The Balaban J connectivity index is 2.17. The molecule has 0 bridgehead atoms. The van der Waals surface area contributed by atoms with Gasteiger partial charge in [-0.05, 0) is 26.3 Å². The fraction of sp³-hybridized carbons (Fsp3) is 0.400. The topological polar surface area (TPSA) is 75.7 Å². The van der Waals surface area contributed by atoms with Crippen LogP contribution >= 0.6 is 0 Å². The molecular formula is C15H18N2O4. The standard InChI is InChI=1S/C15H18N2O4/c1-9(2)21-14(19)10(3)17-13(18)12(16-15(17)20)11-7-5-4-6-8-11/h4-10,12H,1-3H3,(H,16,20). The summed E-state index contributed by atoms with van der Waals surface area (Å²) in [7, 11) is 0. The van der Waals surface area contributed by atoms with Gasteiger partial charge >= 0.3 is 12.0 Å². The minimum absolute atomic E-state index is 0.300. The van der Waals surface area contributed by atoms with Crippen LogP contribution < -0.4 is 5.32 Å². The van der Waals surface area contributed by atoms with Gasteiger partial charge in [0, 0.05) is 0 Å². The van der Waals surface area contributed by atoms with Crippen molar-refractivity contribution in [2.75, 3.05) is 0 Å². The first-order valence-electron chi connectivity index (χ1n) is 6.81. The van der Waals surface area contributed by atoms with Crippen LogP contribution in [0.5, 0.6) is 0 Å². The molecule has 112 valence electrons. The van der Waals surface area contributed by atoms with E-state index in [1.165, 1.54) is 6.92 Å². The van der Waals surface area contributed by atoms with Gasteiger partial charge < -0.3 is 10.1 Å². The SMILES string of the molecule is CC(C)OC(=O)C(C)N1C(=O)NC(c2ccccc2)C1=O. The third-order valence-electron chi connectivity index (χ3n) is 3.18.